The number of thioether (sulfide) groups is 1. The maximum atomic E-state index is 13.6. The summed E-state index contributed by atoms with van der Waals surface area (Å²) in [7, 11) is 1.96. The predicted octanol–water partition coefficient (Wildman–Crippen LogP) is 6.61. The number of amides is 2. The molecule has 1 aliphatic carbocycles. The third kappa shape index (κ3) is 4.60. The number of benzene rings is 2. The van der Waals surface area contributed by atoms with Crippen LogP contribution in [0.2, 0.25) is 5.02 Å². The van der Waals surface area contributed by atoms with Crippen LogP contribution in [0.4, 0.5) is 5.69 Å². The first-order valence-corrected chi connectivity index (χ1v) is 12.5. The molecule has 0 spiro atoms. The molecule has 4 rings (SSSR count). The van der Waals surface area contributed by atoms with Crippen LogP contribution in [0, 0.1) is 0 Å². The zero-order chi connectivity index (χ0) is 22.8. The van der Waals surface area contributed by atoms with E-state index in [0.29, 0.717) is 27.2 Å². The van der Waals surface area contributed by atoms with Crippen LogP contribution in [0.25, 0.3) is 0 Å². The van der Waals surface area contributed by atoms with Gasteiger partial charge in [0, 0.05) is 23.0 Å². The van der Waals surface area contributed by atoms with Gasteiger partial charge in [0.25, 0.3) is 11.8 Å². The Balaban J connectivity index is 1.70. The number of halogens is 1. The Morgan fingerprint density at radius 1 is 0.938 bits per heavy atom. The van der Waals surface area contributed by atoms with Crippen LogP contribution in [-0.2, 0) is 9.59 Å². The van der Waals surface area contributed by atoms with E-state index in [4.69, 9.17) is 11.6 Å². The van der Waals surface area contributed by atoms with E-state index in [9.17, 15) is 9.59 Å². The minimum Gasteiger partial charge on any atom is -0.366 e. The minimum atomic E-state index is -0.259. The third-order valence-electron chi connectivity index (χ3n) is 6.34. The number of nitrogens with zero attached hydrogens (tertiary/aromatic N) is 2. The van der Waals surface area contributed by atoms with Gasteiger partial charge in [-0.2, -0.15) is 0 Å². The predicted molar refractivity (Wildman–Crippen MR) is 132 cm³/mol. The molecule has 1 heterocycles. The van der Waals surface area contributed by atoms with E-state index in [1.807, 2.05) is 43.4 Å². The number of hydrogen-bond donors (Lipinski definition) is 0. The molecular weight excluding hydrogens is 440 g/mol. The molecule has 0 aromatic heterocycles. The molecule has 1 aliphatic heterocycles. The first-order chi connectivity index (χ1) is 15.4. The second-order valence-electron chi connectivity index (χ2n) is 8.83. The summed E-state index contributed by atoms with van der Waals surface area (Å²) in [6.45, 7) is 4.25. The van der Waals surface area contributed by atoms with Crippen LogP contribution < -0.4 is 4.90 Å². The number of carbonyl (C=O) groups is 2. The van der Waals surface area contributed by atoms with E-state index < -0.39 is 0 Å². The van der Waals surface area contributed by atoms with E-state index in [1.54, 1.807) is 12.1 Å². The minimum absolute atomic E-state index is 0.239. The summed E-state index contributed by atoms with van der Waals surface area (Å²) >= 11 is 7.39. The van der Waals surface area contributed by atoms with Crippen LogP contribution in [0.15, 0.2) is 64.0 Å². The van der Waals surface area contributed by atoms with E-state index in [0.717, 1.165) is 30.6 Å². The second kappa shape index (κ2) is 9.72. The van der Waals surface area contributed by atoms with Crippen LogP contribution in [0.1, 0.15) is 57.4 Å². The number of rotatable bonds is 6. The Kier molecular flexibility index (Phi) is 6.96. The van der Waals surface area contributed by atoms with Gasteiger partial charge in [0.2, 0.25) is 0 Å². The van der Waals surface area contributed by atoms with Crippen molar-refractivity contribution in [1.82, 2.24) is 4.90 Å². The van der Waals surface area contributed by atoms with Gasteiger partial charge in [0.05, 0.1) is 5.69 Å². The Labute approximate surface area is 199 Å². The Hall–Kier alpha value is -2.24. The molecule has 2 amide bonds. The Morgan fingerprint density at radius 3 is 2.16 bits per heavy atom. The summed E-state index contributed by atoms with van der Waals surface area (Å²) < 4.78 is 0. The number of hydrogen-bond acceptors (Lipinski definition) is 4. The van der Waals surface area contributed by atoms with E-state index in [-0.39, 0.29) is 17.9 Å². The van der Waals surface area contributed by atoms with E-state index in [2.05, 4.69) is 18.7 Å². The number of likely N-dealkylation sites (N-methyl/N-ethyl adjacent to an activating group) is 1. The lowest BCUT2D eigenvalue weighted by atomic mass is 9.94. The number of imide groups is 1. The van der Waals surface area contributed by atoms with Crippen molar-refractivity contribution in [2.24, 2.45) is 0 Å². The summed E-state index contributed by atoms with van der Waals surface area (Å²) in [4.78, 5) is 32.0. The SMILES string of the molecule is CC(C)c1ccc(N2C(=O)C(Sc3ccc(Cl)cc3)=C(N(C)C3CCCCC3)C2=O)cc1. The molecule has 2 aromatic rings. The largest absolute Gasteiger partial charge is 0.366 e. The third-order valence-corrected chi connectivity index (χ3v) is 7.68. The molecule has 32 heavy (non-hydrogen) atoms. The number of carbonyl (C=O) groups excluding carboxylic acids is 2. The lowest BCUT2D eigenvalue weighted by molar-refractivity contribution is -0.121. The first-order valence-electron chi connectivity index (χ1n) is 11.3. The van der Waals surface area contributed by atoms with Crippen molar-refractivity contribution >= 4 is 40.9 Å². The quantitative estimate of drug-likeness (QED) is 0.447. The maximum absolute atomic E-state index is 13.6. The van der Waals surface area contributed by atoms with Crippen LogP contribution in [0.3, 0.4) is 0 Å². The molecule has 2 aliphatic rings. The van der Waals surface area contributed by atoms with Gasteiger partial charge in [-0.05, 0) is 60.7 Å². The van der Waals surface area contributed by atoms with Gasteiger partial charge in [-0.1, -0.05) is 68.6 Å². The highest BCUT2D eigenvalue weighted by Gasteiger charge is 2.43. The topological polar surface area (TPSA) is 40.6 Å². The molecule has 0 bridgehead atoms. The molecule has 1 fully saturated rings. The fraction of sp³-hybridized carbons (Fsp3) is 0.385. The molecule has 0 N–H and O–H groups in total. The average molecular weight is 469 g/mol. The Morgan fingerprint density at radius 2 is 1.56 bits per heavy atom. The zero-order valence-corrected chi connectivity index (χ0v) is 20.4. The van der Waals surface area contributed by atoms with Crippen molar-refractivity contribution in [3.8, 4) is 0 Å². The monoisotopic (exact) mass is 468 g/mol. The summed E-state index contributed by atoms with van der Waals surface area (Å²) in [5.74, 6) is -0.113. The van der Waals surface area contributed by atoms with Crippen molar-refractivity contribution in [1.29, 1.82) is 0 Å². The molecular formula is C26H29ClN2O2S. The van der Waals surface area contributed by atoms with Gasteiger partial charge in [-0.15, -0.1) is 0 Å². The van der Waals surface area contributed by atoms with Crippen LogP contribution in [0.5, 0.6) is 0 Å². The standard InChI is InChI=1S/C26H29ClN2O2S/c1-17(2)18-9-13-21(14-10-18)29-25(30)23(28(3)20-7-5-4-6-8-20)24(26(29)31)32-22-15-11-19(27)12-16-22/h9-17,20H,4-8H2,1-3H3. The first kappa shape index (κ1) is 22.9. The molecule has 2 aromatic carbocycles. The van der Waals surface area contributed by atoms with Gasteiger partial charge in [0.15, 0.2) is 0 Å². The average Bonchev–Trinajstić information content (AvgIpc) is 3.04. The molecule has 0 unspecified atom stereocenters. The fourth-order valence-electron chi connectivity index (χ4n) is 4.42. The second-order valence-corrected chi connectivity index (χ2v) is 10.3. The summed E-state index contributed by atoms with van der Waals surface area (Å²) in [6, 6.07) is 15.4. The van der Waals surface area contributed by atoms with E-state index in [1.165, 1.54) is 28.6 Å². The fourth-order valence-corrected chi connectivity index (χ4v) is 5.56. The summed E-state index contributed by atoms with van der Waals surface area (Å²) in [6.07, 6.45) is 5.64. The summed E-state index contributed by atoms with van der Waals surface area (Å²) in [5.41, 5.74) is 2.30. The highest BCUT2D eigenvalue weighted by Crippen LogP contribution is 2.40. The molecule has 0 radical (unpaired) electrons. The van der Waals surface area contributed by atoms with Gasteiger partial charge < -0.3 is 4.90 Å². The van der Waals surface area contributed by atoms with Crippen molar-refractivity contribution < 1.29 is 9.59 Å². The molecule has 1 saturated carbocycles. The van der Waals surface area contributed by atoms with Gasteiger partial charge >= 0.3 is 0 Å². The molecule has 0 atom stereocenters. The van der Waals surface area contributed by atoms with Gasteiger partial charge in [-0.25, -0.2) is 4.90 Å². The zero-order valence-electron chi connectivity index (χ0n) is 18.8. The molecule has 168 valence electrons. The van der Waals surface area contributed by atoms with Crippen molar-refractivity contribution in [3.05, 3.63) is 69.7 Å². The highest BCUT2D eigenvalue weighted by molar-refractivity contribution is 8.04. The van der Waals surface area contributed by atoms with Crippen molar-refractivity contribution in [3.63, 3.8) is 0 Å². The molecule has 4 nitrogen and oxygen atoms in total. The highest BCUT2D eigenvalue weighted by atomic mass is 35.5. The normalized spacial score (nSPS) is 17.6. The van der Waals surface area contributed by atoms with Crippen molar-refractivity contribution in [2.75, 3.05) is 11.9 Å². The summed E-state index contributed by atoms with van der Waals surface area (Å²) in [5, 5.41) is 0.642. The van der Waals surface area contributed by atoms with Crippen LogP contribution >= 0.6 is 23.4 Å². The van der Waals surface area contributed by atoms with Gasteiger partial charge in [-0.3, -0.25) is 9.59 Å². The lowest BCUT2D eigenvalue weighted by Crippen LogP contribution is -2.38. The Bertz CT molecular complexity index is 1020. The molecule has 6 heteroatoms. The maximum Gasteiger partial charge on any atom is 0.283 e. The smallest absolute Gasteiger partial charge is 0.283 e. The van der Waals surface area contributed by atoms with Gasteiger partial charge in [0.1, 0.15) is 10.6 Å². The van der Waals surface area contributed by atoms with Crippen molar-refractivity contribution in [2.45, 2.75) is 62.8 Å². The number of anilines is 1. The lowest BCUT2D eigenvalue weighted by Gasteiger charge is -2.33. The van der Waals surface area contributed by atoms with E-state index >= 15 is 0 Å². The van der Waals surface area contributed by atoms with Crippen LogP contribution in [-0.4, -0.2) is 29.8 Å². The molecule has 0 saturated heterocycles.